The summed E-state index contributed by atoms with van der Waals surface area (Å²) in [5.41, 5.74) is 1.89. The largest absolute Gasteiger partial charge is 0.286 e. The van der Waals surface area contributed by atoms with E-state index in [1.165, 1.54) is 16.8 Å². The molecule has 0 N–H and O–H groups in total. The van der Waals surface area contributed by atoms with Crippen molar-refractivity contribution < 1.29 is 4.79 Å². The Labute approximate surface area is 138 Å². The molecule has 22 heavy (non-hydrogen) atoms. The Morgan fingerprint density at radius 3 is 2.18 bits per heavy atom. The molecule has 1 heterocycles. The van der Waals surface area contributed by atoms with Gasteiger partial charge in [0.1, 0.15) is 0 Å². The molecule has 1 saturated heterocycles. The molecule has 108 valence electrons. The summed E-state index contributed by atoms with van der Waals surface area (Å²) >= 11 is 6.51. The number of carbonyl (C=O) groups excluding carboxylic acids is 1. The minimum Gasteiger partial charge on any atom is -0.266 e. The highest BCUT2D eigenvalue weighted by atomic mass is 32.2. The second kappa shape index (κ2) is 6.68. The SMILES string of the molecule is O=C1/C(=C\c2ccccc2)SC(=S)N1/N=C/c1ccccc1. The summed E-state index contributed by atoms with van der Waals surface area (Å²) in [5, 5.41) is 5.47. The summed E-state index contributed by atoms with van der Waals surface area (Å²) in [6.45, 7) is 0. The minimum atomic E-state index is -0.189. The molecule has 5 heteroatoms. The lowest BCUT2D eigenvalue weighted by Gasteiger charge is -2.05. The summed E-state index contributed by atoms with van der Waals surface area (Å²) in [5.74, 6) is -0.189. The van der Waals surface area contributed by atoms with Gasteiger partial charge in [0.2, 0.25) is 0 Å². The van der Waals surface area contributed by atoms with Crippen LogP contribution >= 0.6 is 24.0 Å². The fraction of sp³-hybridized carbons (Fsp3) is 0. The summed E-state index contributed by atoms with van der Waals surface area (Å²) in [7, 11) is 0. The van der Waals surface area contributed by atoms with Crippen molar-refractivity contribution in [3.8, 4) is 0 Å². The Kier molecular flexibility index (Phi) is 4.46. The van der Waals surface area contributed by atoms with E-state index in [-0.39, 0.29) is 5.91 Å². The van der Waals surface area contributed by atoms with E-state index in [0.29, 0.717) is 9.23 Å². The number of amides is 1. The zero-order valence-electron chi connectivity index (χ0n) is 11.5. The van der Waals surface area contributed by atoms with Gasteiger partial charge in [-0.2, -0.15) is 10.1 Å². The van der Waals surface area contributed by atoms with E-state index in [0.717, 1.165) is 11.1 Å². The van der Waals surface area contributed by atoms with Crippen molar-refractivity contribution >= 4 is 46.5 Å². The van der Waals surface area contributed by atoms with E-state index in [1.807, 2.05) is 66.7 Å². The van der Waals surface area contributed by atoms with Crippen LogP contribution in [0.3, 0.4) is 0 Å². The first-order chi connectivity index (χ1) is 10.7. The number of benzene rings is 2. The maximum atomic E-state index is 12.4. The van der Waals surface area contributed by atoms with Crippen molar-refractivity contribution in [1.29, 1.82) is 0 Å². The summed E-state index contributed by atoms with van der Waals surface area (Å²) in [6, 6.07) is 19.3. The van der Waals surface area contributed by atoms with Crippen LogP contribution in [0.2, 0.25) is 0 Å². The van der Waals surface area contributed by atoms with E-state index in [4.69, 9.17) is 12.2 Å². The molecule has 1 aliphatic rings. The average Bonchev–Trinajstić information content (AvgIpc) is 2.81. The second-order valence-corrected chi connectivity index (χ2v) is 6.24. The zero-order chi connectivity index (χ0) is 15.4. The van der Waals surface area contributed by atoms with Gasteiger partial charge in [0.15, 0.2) is 4.32 Å². The van der Waals surface area contributed by atoms with Crippen LogP contribution in [0, 0.1) is 0 Å². The van der Waals surface area contributed by atoms with Gasteiger partial charge in [-0.15, -0.1) is 0 Å². The number of carbonyl (C=O) groups is 1. The predicted octanol–water partition coefficient (Wildman–Crippen LogP) is 3.92. The number of rotatable bonds is 3. The first-order valence-corrected chi connectivity index (χ1v) is 7.88. The molecule has 0 unspecified atom stereocenters. The van der Waals surface area contributed by atoms with Gasteiger partial charge in [-0.25, -0.2) is 0 Å². The average molecular weight is 324 g/mol. The van der Waals surface area contributed by atoms with Crippen LogP contribution in [0.4, 0.5) is 0 Å². The zero-order valence-corrected chi connectivity index (χ0v) is 13.2. The van der Waals surface area contributed by atoms with E-state index < -0.39 is 0 Å². The van der Waals surface area contributed by atoms with Crippen LogP contribution in [0.15, 0.2) is 70.7 Å². The number of thiocarbonyl (C=S) groups is 1. The van der Waals surface area contributed by atoms with Gasteiger partial charge in [0.25, 0.3) is 5.91 Å². The third kappa shape index (κ3) is 3.32. The molecule has 0 bridgehead atoms. The lowest BCUT2D eigenvalue weighted by molar-refractivity contribution is -0.122. The molecular formula is C17H12N2OS2. The molecular weight excluding hydrogens is 312 g/mol. The maximum Gasteiger partial charge on any atom is 0.286 e. The van der Waals surface area contributed by atoms with Crippen molar-refractivity contribution in [1.82, 2.24) is 5.01 Å². The van der Waals surface area contributed by atoms with Gasteiger partial charge in [0, 0.05) is 0 Å². The molecule has 3 rings (SSSR count). The lowest BCUT2D eigenvalue weighted by atomic mass is 10.2. The fourth-order valence-corrected chi connectivity index (χ4v) is 3.10. The van der Waals surface area contributed by atoms with Gasteiger partial charge in [-0.1, -0.05) is 72.4 Å². The number of hydrogen-bond donors (Lipinski definition) is 0. The Morgan fingerprint density at radius 2 is 1.55 bits per heavy atom. The van der Waals surface area contributed by atoms with E-state index >= 15 is 0 Å². The lowest BCUT2D eigenvalue weighted by Crippen LogP contribution is -2.22. The molecule has 0 aliphatic carbocycles. The Morgan fingerprint density at radius 1 is 0.955 bits per heavy atom. The normalized spacial score (nSPS) is 16.9. The first-order valence-electron chi connectivity index (χ1n) is 6.66. The first kappa shape index (κ1) is 14.7. The highest BCUT2D eigenvalue weighted by Gasteiger charge is 2.31. The molecule has 0 atom stereocenters. The van der Waals surface area contributed by atoms with Crippen LogP contribution in [-0.4, -0.2) is 21.5 Å². The number of thioether (sulfide) groups is 1. The molecule has 1 amide bonds. The molecule has 0 spiro atoms. The number of nitrogens with zero attached hydrogens (tertiary/aromatic N) is 2. The molecule has 1 fully saturated rings. The molecule has 0 radical (unpaired) electrons. The number of hydrazone groups is 1. The van der Waals surface area contributed by atoms with E-state index in [2.05, 4.69) is 5.10 Å². The van der Waals surface area contributed by atoms with Gasteiger partial charge in [-0.05, 0) is 29.4 Å². The van der Waals surface area contributed by atoms with Crippen LogP contribution in [0.5, 0.6) is 0 Å². The second-order valence-electron chi connectivity index (χ2n) is 4.56. The van der Waals surface area contributed by atoms with E-state index in [9.17, 15) is 4.79 Å². The van der Waals surface area contributed by atoms with Crippen LogP contribution in [0.25, 0.3) is 6.08 Å². The van der Waals surface area contributed by atoms with Crippen LogP contribution in [-0.2, 0) is 4.79 Å². The molecule has 1 aliphatic heterocycles. The third-order valence-corrected chi connectivity index (χ3v) is 4.28. The maximum absolute atomic E-state index is 12.4. The van der Waals surface area contributed by atoms with Crippen LogP contribution in [0.1, 0.15) is 11.1 Å². The van der Waals surface area contributed by atoms with Crippen molar-refractivity contribution in [2.75, 3.05) is 0 Å². The van der Waals surface area contributed by atoms with Crippen molar-refractivity contribution in [2.24, 2.45) is 5.10 Å². The Hall–Kier alpha value is -2.24. The molecule has 0 aromatic heterocycles. The number of hydrogen-bond acceptors (Lipinski definition) is 4. The smallest absolute Gasteiger partial charge is 0.266 e. The van der Waals surface area contributed by atoms with Crippen molar-refractivity contribution in [3.63, 3.8) is 0 Å². The van der Waals surface area contributed by atoms with E-state index in [1.54, 1.807) is 6.21 Å². The molecule has 0 saturated carbocycles. The summed E-state index contributed by atoms with van der Waals surface area (Å²) in [4.78, 5) is 13.0. The Bertz CT molecular complexity index is 755. The highest BCUT2D eigenvalue weighted by molar-refractivity contribution is 8.26. The highest BCUT2D eigenvalue weighted by Crippen LogP contribution is 2.32. The monoisotopic (exact) mass is 324 g/mol. The topological polar surface area (TPSA) is 32.7 Å². The fourth-order valence-electron chi connectivity index (χ4n) is 1.92. The predicted molar refractivity (Wildman–Crippen MR) is 95.5 cm³/mol. The van der Waals surface area contributed by atoms with Crippen LogP contribution < -0.4 is 0 Å². The van der Waals surface area contributed by atoms with Crippen molar-refractivity contribution in [2.45, 2.75) is 0 Å². The summed E-state index contributed by atoms with van der Waals surface area (Å²) in [6.07, 6.45) is 3.47. The molecule has 3 nitrogen and oxygen atoms in total. The van der Waals surface area contributed by atoms with Crippen molar-refractivity contribution in [3.05, 3.63) is 76.7 Å². The quantitative estimate of drug-likeness (QED) is 0.487. The summed E-state index contributed by atoms with van der Waals surface area (Å²) < 4.78 is 0.444. The van der Waals surface area contributed by atoms with Gasteiger partial charge >= 0.3 is 0 Å². The molecule has 2 aromatic carbocycles. The Balaban J connectivity index is 1.80. The van der Waals surface area contributed by atoms with Gasteiger partial charge in [-0.3, -0.25) is 4.79 Å². The molecule has 2 aromatic rings. The van der Waals surface area contributed by atoms with Gasteiger partial charge in [0.05, 0.1) is 11.1 Å². The standard InChI is InChI=1S/C17H12N2OS2/c20-16-15(11-13-7-3-1-4-8-13)22-17(21)19(16)18-12-14-9-5-2-6-10-14/h1-12H/b15-11+,18-12+. The minimum absolute atomic E-state index is 0.189. The third-order valence-electron chi connectivity index (χ3n) is 2.99. The van der Waals surface area contributed by atoms with Gasteiger partial charge < -0.3 is 0 Å².